The van der Waals surface area contributed by atoms with E-state index in [0.717, 1.165) is 5.75 Å². The lowest BCUT2D eigenvalue weighted by Crippen LogP contribution is -2.07. The predicted octanol–water partition coefficient (Wildman–Crippen LogP) is 1.87. The Morgan fingerprint density at radius 2 is 1.86 bits per heavy atom. The quantitative estimate of drug-likeness (QED) is 0.532. The van der Waals surface area contributed by atoms with Gasteiger partial charge in [-0.15, -0.1) is 0 Å². The van der Waals surface area contributed by atoms with Gasteiger partial charge in [0.1, 0.15) is 0 Å². The van der Waals surface area contributed by atoms with Gasteiger partial charge in [-0.2, -0.15) is 25.3 Å². The molecule has 0 radical (unpaired) electrons. The molecule has 0 rings (SSSR count). The lowest BCUT2D eigenvalue weighted by Gasteiger charge is -2.09. The van der Waals surface area contributed by atoms with Crippen LogP contribution in [0.4, 0.5) is 0 Å². The second kappa shape index (κ2) is 3.67. The summed E-state index contributed by atoms with van der Waals surface area (Å²) in [6.07, 6.45) is 0. The Labute approximate surface area is 56.5 Å². The fourth-order valence-corrected chi connectivity index (χ4v) is 0.740. The minimum absolute atomic E-state index is 0.484. The van der Waals surface area contributed by atoms with E-state index in [1.54, 1.807) is 0 Å². The summed E-state index contributed by atoms with van der Waals surface area (Å²) in [7, 11) is 0. The van der Waals surface area contributed by atoms with Crippen molar-refractivity contribution in [2.75, 3.05) is 5.75 Å². The van der Waals surface area contributed by atoms with Crippen LogP contribution in [0.25, 0.3) is 0 Å². The highest BCUT2D eigenvalue weighted by Crippen LogP contribution is 2.08. The van der Waals surface area contributed by atoms with Gasteiger partial charge in [-0.1, -0.05) is 13.8 Å². The molecule has 0 aromatic heterocycles. The van der Waals surface area contributed by atoms with Crippen LogP contribution in [0.3, 0.4) is 0 Å². The minimum Gasteiger partial charge on any atom is -0.179 e. The average molecular weight is 136 g/mol. The maximum atomic E-state index is 4.22. The molecule has 0 saturated carbocycles. The zero-order valence-electron chi connectivity index (χ0n) is 4.76. The molecule has 0 aliphatic rings. The molecular formula is C5H12S2. The van der Waals surface area contributed by atoms with Gasteiger partial charge >= 0.3 is 0 Å². The van der Waals surface area contributed by atoms with Gasteiger partial charge in [-0.05, 0) is 11.7 Å². The molecule has 0 amide bonds. The molecule has 0 aliphatic heterocycles. The van der Waals surface area contributed by atoms with Crippen molar-refractivity contribution in [2.45, 2.75) is 19.1 Å². The van der Waals surface area contributed by atoms with Gasteiger partial charge in [-0.25, -0.2) is 0 Å². The van der Waals surface area contributed by atoms with E-state index in [1.165, 1.54) is 0 Å². The first-order valence-corrected chi connectivity index (χ1v) is 3.62. The summed E-state index contributed by atoms with van der Waals surface area (Å²) in [5.74, 6) is 1.57. The third-order valence-electron chi connectivity index (χ3n) is 1.11. The highest BCUT2D eigenvalue weighted by Gasteiger charge is 2.02. The van der Waals surface area contributed by atoms with Crippen LogP contribution in [0.2, 0.25) is 0 Å². The van der Waals surface area contributed by atoms with Gasteiger partial charge in [0.05, 0.1) is 0 Å². The Balaban J connectivity index is 3.14. The molecule has 0 spiro atoms. The Bertz CT molecular complexity index is 43.3. The fraction of sp³-hybridized carbons (Fsp3) is 1.00. The standard InChI is InChI=1S/C5H12S2/c1-4(3-6)5(2)7/h4-7H,3H2,1-2H3/t4-,5?/m0/s1. The van der Waals surface area contributed by atoms with Gasteiger partial charge in [-0.3, -0.25) is 0 Å². The van der Waals surface area contributed by atoms with Crippen molar-refractivity contribution in [3.63, 3.8) is 0 Å². The van der Waals surface area contributed by atoms with E-state index in [1.807, 2.05) is 0 Å². The van der Waals surface area contributed by atoms with Crippen LogP contribution in [-0.2, 0) is 0 Å². The lowest BCUT2D eigenvalue weighted by atomic mass is 10.1. The van der Waals surface area contributed by atoms with E-state index in [4.69, 9.17) is 0 Å². The molecule has 2 heteroatoms. The third kappa shape index (κ3) is 3.30. The zero-order valence-corrected chi connectivity index (χ0v) is 6.55. The van der Waals surface area contributed by atoms with Gasteiger partial charge in [0, 0.05) is 5.25 Å². The summed E-state index contributed by atoms with van der Waals surface area (Å²) in [6.45, 7) is 4.23. The third-order valence-corrected chi connectivity index (χ3v) is 2.20. The van der Waals surface area contributed by atoms with E-state index >= 15 is 0 Å². The van der Waals surface area contributed by atoms with Gasteiger partial charge in [0.15, 0.2) is 0 Å². The Hall–Kier alpha value is 0.700. The fourth-order valence-electron chi connectivity index (χ4n) is 0.153. The molecule has 0 bridgehead atoms. The molecule has 0 N–H and O–H groups in total. The highest BCUT2D eigenvalue weighted by atomic mass is 32.1. The molecule has 0 aliphatic carbocycles. The molecule has 0 aromatic carbocycles. The summed E-state index contributed by atoms with van der Waals surface area (Å²) in [4.78, 5) is 0. The summed E-state index contributed by atoms with van der Waals surface area (Å²) in [5, 5.41) is 0.484. The van der Waals surface area contributed by atoms with Crippen molar-refractivity contribution in [3.05, 3.63) is 0 Å². The molecule has 2 atom stereocenters. The number of thiol groups is 2. The van der Waals surface area contributed by atoms with E-state index in [2.05, 4.69) is 39.1 Å². The van der Waals surface area contributed by atoms with Crippen molar-refractivity contribution >= 4 is 25.3 Å². The van der Waals surface area contributed by atoms with Crippen LogP contribution < -0.4 is 0 Å². The normalized spacial score (nSPS) is 18.9. The van der Waals surface area contributed by atoms with E-state index in [9.17, 15) is 0 Å². The topological polar surface area (TPSA) is 0 Å². The van der Waals surface area contributed by atoms with Crippen molar-refractivity contribution in [2.24, 2.45) is 5.92 Å². The van der Waals surface area contributed by atoms with Crippen molar-refractivity contribution < 1.29 is 0 Å². The number of hydrogen-bond donors (Lipinski definition) is 2. The summed E-state index contributed by atoms with van der Waals surface area (Å²) < 4.78 is 0. The Morgan fingerprint density at radius 3 is 1.86 bits per heavy atom. The minimum atomic E-state index is 0.484. The summed E-state index contributed by atoms with van der Waals surface area (Å²) in [5.41, 5.74) is 0. The highest BCUT2D eigenvalue weighted by molar-refractivity contribution is 7.81. The smallest absolute Gasteiger partial charge is 0.00218 e. The Kier molecular flexibility index (Phi) is 4.04. The molecule has 7 heavy (non-hydrogen) atoms. The van der Waals surface area contributed by atoms with Crippen molar-refractivity contribution in [1.82, 2.24) is 0 Å². The molecule has 0 saturated heterocycles. The second-order valence-corrected chi connectivity index (χ2v) is 3.08. The maximum Gasteiger partial charge on any atom is 0.00218 e. The zero-order chi connectivity index (χ0) is 5.86. The lowest BCUT2D eigenvalue weighted by molar-refractivity contribution is 0.659. The van der Waals surface area contributed by atoms with Crippen LogP contribution in [0, 0.1) is 5.92 Å². The average Bonchev–Trinajstić information content (AvgIpc) is 1.65. The van der Waals surface area contributed by atoms with Gasteiger partial charge in [0.2, 0.25) is 0 Å². The van der Waals surface area contributed by atoms with E-state index in [0.29, 0.717) is 11.2 Å². The predicted molar refractivity (Wildman–Crippen MR) is 41.5 cm³/mol. The van der Waals surface area contributed by atoms with Crippen LogP contribution >= 0.6 is 25.3 Å². The first-order valence-electron chi connectivity index (χ1n) is 2.47. The van der Waals surface area contributed by atoms with Crippen LogP contribution in [0.1, 0.15) is 13.8 Å². The molecular weight excluding hydrogens is 124 g/mol. The number of rotatable bonds is 2. The summed E-state index contributed by atoms with van der Waals surface area (Å²) in [6, 6.07) is 0. The van der Waals surface area contributed by atoms with Crippen LogP contribution in [0.15, 0.2) is 0 Å². The molecule has 0 fully saturated rings. The summed E-state index contributed by atoms with van der Waals surface area (Å²) >= 11 is 8.33. The van der Waals surface area contributed by atoms with Gasteiger partial charge < -0.3 is 0 Å². The van der Waals surface area contributed by atoms with Crippen LogP contribution in [-0.4, -0.2) is 11.0 Å². The molecule has 0 nitrogen and oxygen atoms in total. The SMILES string of the molecule is CC(S)[C@@H](C)CS. The Morgan fingerprint density at radius 1 is 1.43 bits per heavy atom. The van der Waals surface area contributed by atoms with Crippen molar-refractivity contribution in [1.29, 1.82) is 0 Å². The first-order chi connectivity index (χ1) is 3.18. The second-order valence-electron chi connectivity index (χ2n) is 1.90. The van der Waals surface area contributed by atoms with E-state index < -0.39 is 0 Å². The van der Waals surface area contributed by atoms with Gasteiger partial charge in [0.25, 0.3) is 0 Å². The molecule has 0 heterocycles. The number of hydrogen-bond acceptors (Lipinski definition) is 2. The molecule has 1 unspecified atom stereocenters. The largest absolute Gasteiger partial charge is 0.179 e. The monoisotopic (exact) mass is 136 g/mol. The van der Waals surface area contributed by atoms with E-state index in [-0.39, 0.29) is 0 Å². The molecule has 44 valence electrons. The maximum absolute atomic E-state index is 4.22. The van der Waals surface area contributed by atoms with Crippen molar-refractivity contribution in [3.8, 4) is 0 Å². The van der Waals surface area contributed by atoms with Crippen LogP contribution in [0.5, 0.6) is 0 Å². The first kappa shape index (κ1) is 7.70. The molecule has 0 aromatic rings.